The Labute approximate surface area is 140 Å². The molecule has 122 valence electrons. The maximum atomic E-state index is 5.40. The summed E-state index contributed by atoms with van der Waals surface area (Å²) in [6, 6.07) is 7.91. The van der Waals surface area contributed by atoms with E-state index in [0.29, 0.717) is 13.2 Å². The van der Waals surface area contributed by atoms with Crippen LogP contribution in [0.5, 0.6) is 0 Å². The van der Waals surface area contributed by atoms with Crippen LogP contribution in [0.25, 0.3) is 11.2 Å². The molecule has 0 fully saturated rings. The van der Waals surface area contributed by atoms with Gasteiger partial charge in [0.1, 0.15) is 5.82 Å². The fraction of sp³-hybridized carbons (Fsp3) is 0.278. The van der Waals surface area contributed by atoms with Crippen LogP contribution in [0.2, 0.25) is 0 Å². The van der Waals surface area contributed by atoms with Crippen molar-refractivity contribution in [2.45, 2.75) is 19.9 Å². The number of aryl methyl sites for hydroxylation is 1. The van der Waals surface area contributed by atoms with Gasteiger partial charge in [0.05, 0.1) is 31.6 Å². The van der Waals surface area contributed by atoms with E-state index in [9.17, 15) is 0 Å². The van der Waals surface area contributed by atoms with Gasteiger partial charge >= 0.3 is 0 Å². The molecular weight excluding hydrogens is 302 g/mol. The molecule has 0 aliphatic carbocycles. The maximum Gasteiger partial charge on any atom is 0.165 e. The van der Waals surface area contributed by atoms with Crippen molar-refractivity contribution in [3.8, 4) is 0 Å². The van der Waals surface area contributed by atoms with Gasteiger partial charge in [-0.2, -0.15) is 9.61 Å². The van der Waals surface area contributed by atoms with Gasteiger partial charge in [-0.15, -0.1) is 0 Å². The topological polar surface area (TPSA) is 64.3 Å². The van der Waals surface area contributed by atoms with Gasteiger partial charge in [-0.1, -0.05) is 12.1 Å². The second-order valence-corrected chi connectivity index (χ2v) is 5.81. The van der Waals surface area contributed by atoms with Crippen molar-refractivity contribution in [3.05, 3.63) is 59.7 Å². The first-order chi connectivity index (χ1) is 11.8. The summed E-state index contributed by atoms with van der Waals surface area (Å²) in [6.07, 6.45) is 6.71. The fourth-order valence-corrected chi connectivity index (χ4v) is 2.89. The predicted octanol–water partition coefficient (Wildman–Crippen LogP) is 2.85. The second-order valence-electron chi connectivity index (χ2n) is 5.81. The number of ether oxygens (including phenoxy) is 1. The molecule has 0 amide bonds. The third kappa shape index (κ3) is 2.88. The van der Waals surface area contributed by atoms with Crippen molar-refractivity contribution in [1.29, 1.82) is 0 Å². The first-order valence-electron chi connectivity index (χ1n) is 8.07. The number of anilines is 1. The van der Waals surface area contributed by atoms with Crippen molar-refractivity contribution in [3.63, 3.8) is 0 Å². The summed E-state index contributed by atoms with van der Waals surface area (Å²) in [6.45, 7) is 4.05. The van der Waals surface area contributed by atoms with Gasteiger partial charge in [-0.25, -0.2) is 4.98 Å². The second kappa shape index (κ2) is 6.41. The molecule has 0 aromatic carbocycles. The Bertz CT molecular complexity index is 885. The van der Waals surface area contributed by atoms with Gasteiger partial charge in [-0.3, -0.25) is 4.98 Å². The highest BCUT2D eigenvalue weighted by molar-refractivity contribution is 5.77. The smallest absolute Gasteiger partial charge is 0.165 e. The highest BCUT2D eigenvalue weighted by atomic mass is 16.5. The van der Waals surface area contributed by atoms with Gasteiger partial charge in [-0.05, 0) is 31.1 Å². The van der Waals surface area contributed by atoms with Crippen LogP contribution in [-0.4, -0.2) is 32.8 Å². The molecule has 1 aliphatic heterocycles. The molecule has 0 saturated heterocycles. The molecule has 4 heterocycles. The summed E-state index contributed by atoms with van der Waals surface area (Å²) < 4.78 is 7.26. The van der Waals surface area contributed by atoms with Crippen LogP contribution < -0.4 is 5.32 Å². The zero-order valence-electron chi connectivity index (χ0n) is 13.6. The highest BCUT2D eigenvalue weighted by Gasteiger charge is 2.15. The molecule has 24 heavy (non-hydrogen) atoms. The Morgan fingerprint density at radius 3 is 3.08 bits per heavy atom. The van der Waals surface area contributed by atoms with E-state index in [1.165, 1.54) is 5.57 Å². The number of hydrogen-bond acceptors (Lipinski definition) is 5. The van der Waals surface area contributed by atoms with Crippen molar-refractivity contribution >= 4 is 17.0 Å². The van der Waals surface area contributed by atoms with E-state index in [-0.39, 0.29) is 0 Å². The van der Waals surface area contributed by atoms with Gasteiger partial charge in [0.25, 0.3) is 0 Å². The van der Waals surface area contributed by atoms with Crippen LogP contribution >= 0.6 is 0 Å². The van der Waals surface area contributed by atoms with Crippen molar-refractivity contribution in [1.82, 2.24) is 19.6 Å². The lowest BCUT2D eigenvalue weighted by Gasteiger charge is -2.13. The SMILES string of the molecule is Cc1cc(NCc2ccccn2)n2ncc(C3=CCOCC3)c2n1. The molecular formula is C18H19N5O. The van der Waals surface area contributed by atoms with Crippen LogP contribution in [0.3, 0.4) is 0 Å². The Hall–Kier alpha value is -2.73. The standard InChI is InChI=1S/C18H19N5O/c1-13-10-17(20-11-15-4-2-3-7-19-15)23-18(22-13)16(12-21-23)14-5-8-24-9-6-14/h2-5,7,10,12,20H,6,8-9,11H2,1H3. The zero-order chi connectivity index (χ0) is 16.4. The summed E-state index contributed by atoms with van der Waals surface area (Å²) in [5.74, 6) is 0.919. The van der Waals surface area contributed by atoms with E-state index in [2.05, 4.69) is 26.5 Å². The molecule has 4 rings (SSSR count). The molecule has 0 bridgehead atoms. The van der Waals surface area contributed by atoms with Crippen molar-refractivity contribution in [2.24, 2.45) is 0 Å². The number of fused-ring (bicyclic) bond motifs is 1. The highest BCUT2D eigenvalue weighted by Crippen LogP contribution is 2.26. The monoisotopic (exact) mass is 321 g/mol. The molecule has 1 aliphatic rings. The molecule has 6 nitrogen and oxygen atoms in total. The molecule has 6 heteroatoms. The predicted molar refractivity (Wildman–Crippen MR) is 92.7 cm³/mol. The molecule has 0 spiro atoms. The quantitative estimate of drug-likeness (QED) is 0.800. The van der Waals surface area contributed by atoms with Gasteiger partial charge in [0, 0.05) is 23.5 Å². The Balaban J connectivity index is 1.68. The van der Waals surface area contributed by atoms with E-state index in [0.717, 1.165) is 41.4 Å². The minimum Gasteiger partial charge on any atom is -0.377 e. The number of rotatable bonds is 4. The Morgan fingerprint density at radius 2 is 2.29 bits per heavy atom. The molecule has 3 aromatic heterocycles. The average molecular weight is 321 g/mol. The lowest BCUT2D eigenvalue weighted by Crippen LogP contribution is -2.08. The summed E-state index contributed by atoms with van der Waals surface area (Å²) >= 11 is 0. The first-order valence-corrected chi connectivity index (χ1v) is 8.07. The molecule has 1 N–H and O–H groups in total. The number of nitrogens with one attached hydrogen (secondary N) is 1. The van der Waals surface area contributed by atoms with Crippen LogP contribution in [0.4, 0.5) is 5.82 Å². The minimum atomic E-state index is 0.644. The molecule has 0 saturated carbocycles. The van der Waals surface area contributed by atoms with Crippen LogP contribution in [-0.2, 0) is 11.3 Å². The van der Waals surface area contributed by atoms with E-state index < -0.39 is 0 Å². The van der Waals surface area contributed by atoms with Crippen LogP contribution in [0.15, 0.2) is 42.7 Å². The zero-order valence-corrected chi connectivity index (χ0v) is 13.6. The summed E-state index contributed by atoms with van der Waals surface area (Å²) in [4.78, 5) is 9.03. The third-order valence-electron chi connectivity index (χ3n) is 4.09. The van der Waals surface area contributed by atoms with Gasteiger partial charge < -0.3 is 10.1 Å². The van der Waals surface area contributed by atoms with Crippen molar-refractivity contribution < 1.29 is 4.74 Å². The summed E-state index contributed by atoms with van der Waals surface area (Å²) in [5.41, 5.74) is 5.17. The lowest BCUT2D eigenvalue weighted by molar-refractivity contribution is 0.161. The Morgan fingerprint density at radius 1 is 1.33 bits per heavy atom. The molecule has 0 unspecified atom stereocenters. The normalized spacial score (nSPS) is 14.6. The molecule has 0 radical (unpaired) electrons. The van der Waals surface area contributed by atoms with Crippen molar-refractivity contribution in [2.75, 3.05) is 18.5 Å². The lowest BCUT2D eigenvalue weighted by atomic mass is 10.0. The van der Waals surface area contributed by atoms with E-state index in [1.54, 1.807) is 6.20 Å². The van der Waals surface area contributed by atoms with E-state index in [4.69, 9.17) is 4.74 Å². The number of hydrogen-bond donors (Lipinski definition) is 1. The van der Waals surface area contributed by atoms with Gasteiger partial charge in [0.15, 0.2) is 5.65 Å². The number of pyridine rings is 1. The maximum absolute atomic E-state index is 5.40. The molecule has 0 atom stereocenters. The minimum absolute atomic E-state index is 0.644. The fourth-order valence-electron chi connectivity index (χ4n) is 2.89. The van der Waals surface area contributed by atoms with Gasteiger partial charge in [0.2, 0.25) is 0 Å². The van der Waals surface area contributed by atoms with E-state index in [1.807, 2.05) is 41.9 Å². The summed E-state index contributed by atoms with van der Waals surface area (Å²) in [7, 11) is 0. The summed E-state index contributed by atoms with van der Waals surface area (Å²) in [5, 5.41) is 7.95. The first kappa shape index (κ1) is 14.8. The largest absolute Gasteiger partial charge is 0.377 e. The third-order valence-corrected chi connectivity index (χ3v) is 4.09. The number of aromatic nitrogens is 4. The van der Waals surface area contributed by atoms with Crippen LogP contribution in [0.1, 0.15) is 23.4 Å². The van der Waals surface area contributed by atoms with Crippen LogP contribution in [0, 0.1) is 6.92 Å². The Kier molecular flexibility index (Phi) is 3.96. The van der Waals surface area contributed by atoms with E-state index >= 15 is 0 Å². The molecule has 3 aromatic rings. The average Bonchev–Trinajstić information content (AvgIpc) is 3.05. The number of nitrogens with zero attached hydrogens (tertiary/aromatic N) is 4.